The monoisotopic (exact) mass is 309 g/mol. The van der Waals surface area contributed by atoms with Crippen LogP contribution < -0.4 is 14.8 Å². The van der Waals surface area contributed by atoms with Crippen LogP contribution in [0.3, 0.4) is 0 Å². The number of rotatable bonds is 5. The highest BCUT2D eigenvalue weighted by molar-refractivity contribution is 5.50. The molecule has 0 saturated carbocycles. The first-order chi connectivity index (χ1) is 11.2. The minimum Gasteiger partial charge on any atom is -0.494 e. The number of hydrogen-bond donors (Lipinski definition) is 1. The van der Waals surface area contributed by atoms with Gasteiger partial charge in [-0.15, -0.1) is 0 Å². The van der Waals surface area contributed by atoms with Crippen LogP contribution in [0.5, 0.6) is 11.5 Å². The lowest BCUT2D eigenvalue weighted by Gasteiger charge is -2.13. The van der Waals surface area contributed by atoms with Gasteiger partial charge in [-0.25, -0.2) is 4.98 Å². The van der Waals surface area contributed by atoms with Crippen molar-refractivity contribution in [3.8, 4) is 17.6 Å². The molecule has 1 aromatic carbocycles. The van der Waals surface area contributed by atoms with Gasteiger partial charge in [0.15, 0.2) is 0 Å². The number of hydrogen-bond acceptors (Lipinski definition) is 5. The van der Waals surface area contributed by atoms with Crippen LogP contribution in [0.4, 0.5) is 5.82 Å². The average molecular weight is 309 g/mol. The molecule has 1 aliphatic heterocycles. The highest BCUT2D eigenvalue weighted by atomic mass is 16.5. The van der Waals surface area contributed by atoms with Crippen molar-refractivity contribution in [3.63, 3.8) is 0 Å². The van der Waals surface area contributed by atoms with Gasteiger partial charge in [-0.1, -0.05) is 0 Å². The van der Waals surface area contributed by atoms with Gasteiger partial charge in [-0.05, 0) is 38.1 Å². The maximum absolute atomic E-state index is 8.80. The summed E-state index contributed by atoms with van der Waals surface area (Å²) in [5.74, 6) is 2.54. The topological polar surface area (TPSA) is 67.2 Å². The first kappa shape index (κ1) is 15.2. The van der Waals surface area contributed by atoms with Crippen LogP contribution in [0.15, 0.2) is 30.5 Å². The van der Waals surface area contributed by atoms with Gasteiger partial charge in [-0.3, -0.25) is 0 Å². The molecular formula is C18H19N3O2. The molecule has 0 bridgehead atoms. The van der Waals surface area contributed by atoms with Gasteiger partial charge in [0.2, 0.25) is 0 Å². The van der Waals surface area contributed by atoms with Crippen molar-refractivity contribution in [2.75, 3.05) is 11.9 Å². The van der Waals surface area contributed by atoms with Crippen LogP contribution in [0, 0.1) is 11.3 Å². The summed E-state index contributed by atoms with van der Waals surface area (Å²) >= 11 is 0. The van der Waals surface area contributed by atoms with Crippen molar-refractivity contribution in [1.82, 2.24) is 4.98 Å². The maximum Gasteiger partial charge on any atom is 0.126 e. The molecule has 23 heavy (non-hydrogen) atoms. The number of nitrogens with zero attached hydrogens (tertiary/aromatic N) is 2. The van der Waals surface area contributed by atoms with Gasteiger partial charge >= 0.3 is 0 Å². The Morgan fingerprint density at radius 2 is 2.30 bits per heavy atom. The zero-order valence-electron chi connectivity index (χ0n) is 13.3. The number of aromatic nitrogens is 1. The molecule has 3 rings (SSSR count). The van der Waals surface area contributed by atoms with Crippen molar-refractivity contribution in [3.05, 3.63) is 47.2 Å². The van der Waals surface area contributed by atoms with Gasteiger partial charge in [0.25, 0.3) is 0 Å². The lowest BCUT2D eigenvalue weighted by molar-refractivity contribution is 0.254. The van der Waals surface area contributed by atoms with Crippen LogP contribution >= 0.6 is 0 Å². The second-order valence-electron chi connectivity index (χ2n) is 5.53. The van der Waals surface area contributed by atoms with Crippen LogP contribution in [-0.2, 0) is 13.0 Å². The number of anilines is 1. The predicted octanol–water partition coefficient (Wildman–Crippen LogP) is 3.29. The fraction of sp³-hybridized carbons (Fsp3) is 0.333. The summed E-state index contributed by atoms with van der Waals surface area (Å²) in [6.45, 7) is 5.25. The normalized spacial score (nSPS) is 15.4. The van der Waals surface area contributed by atoms with Gasteiger partial charge < -0.3 is 14.8 Å². The first-order valence-corrected chi connectivity index (χ1v) is 7.75. The van der Waals surface area contributed by atoms with Crippen LogP contribution in [0.2, 0.25) is 0 Å². The Hall–Kier alpha value is -2.74. The van der Waals surface area contributed by atoms with E-state index in [1.807, 2.05) is 13.0 Å². The standard InChI is InChI=1S/C18H19N3O2/c1-3-22-16-7-14-6-12(2)23-17(14)8-15(16)11-21-18-5-4-13(9-19)10-20-18/h4-5,7-8,10,12H,3,6,11H2,1-2H3,(H,20,21)/t12-/m1/s1. The second-order valence-corrected chi connectivity index (χ2v) is 5.53. The molecule has 5 nitrogen and oxygen atoms in total. The highest BCUT2D eigenvalue weighted by Gasteiger charge is 2.21. The Bertz CT molecular complexity index is 735. The lowest BCUT2D eigenvalue weighted by Crippen LogP contribution is -2.05. The van der Waals surface area contributed by atoms with Crippen molar-refractivity contribution in [2.45, 2.75) is 32.9 Å². The Labute approximate surface area is 135 Å². The average Bonchev–Trinajstić information content (AvgIpc) is 2.92. The van der Waals surface area contributed by atoms with Crippen LogP contribution in [0.25, 0.3) is 0 Å². The molecule has 1 aliphatic rings. The molecule has 5 heteroatoms. The fourth-order valence-electron chi connectivity index (χ4n) is 2.66. The van der Waals surface area contributed by atoms with Crippen molar-refractivity contribution < 1.29 is 9.47 Å². The molecule has 0 unspecified atom stereocenters. The Morgan fingerprint density at radius 1 is 1.43 bits per heavy atom. The quantitative estimate of drug-likeness (QED) is 0.918. The first-order valence-electron chi connectivity index (χ1n) is 7.75. The van der Waals surface area contributed by atoms with E-state index in [2.05, 4.69) is 29.4 Å². The van der Waals surface area contributed by atoms with Gasteiger partial charge in [0, 0.05) is 30.3 Å². The Kier molecular flexibility index (Phi) is 4.33. The van der Waals surface area contributed by atoms with Crippen molar-refractivity contribution in [2.24, 2.45) is 0 Å². The number of fused-ring (bicyclic) bond motifs is 1. The third-order valence-electron chi connectivity index (χ3n) is 3.73. The Balaban J connectivity index is 1.78. The summed E-state index contributed by atoms with van der Waals surface area (Å²) < 4.78 is 11.6. The van der Waals surface area contributed by atoms with Crippen LogP contribution in [0.1, 0.15) is 30.5 Å². The molecule has 1 atom stereocenters. The Morgan fingerprint density at radius 3 is 3.00 bits per heavy atom. The molecule has 1 N–H and O–H groups in total. The van der Waals surface area contributed by atoms with E-state index >= 15 is 0 Å². The number of pyridine rings is 1. The molecule has 2 heterocycles. The maximum atomic E-state index is 8.80. The molecule has 0 amide bonds. The molecule has 118 valence electrons. The second kappa shape index (κ2) is 6.57. The number of nitrogens with one attached hydrogen (secondary N) is 1. The zero-order valence-corrected chi connectivity index (χ0v) is 13.3. The summed E-state index contributed by atoms with van der Waals surface area (Å²) in [4.78, 5) is 4.22. The van der Waals surface area contributed by atoms with E-state index in [0.717, 1.165) is 29.3 Å². The highest BCUT2D eigenvalue weighted by Crippen LogP contribution is 2.35. The smallest absolute Gasteiger partial charge is 0.126 e. The molecule has 0 radical (unpaired) electrons. The fourth-order valence-corrected chi connectivity index (χ4v) is 2.66. The summed E-state index contributed by atoms with van der Waals surface area (Å²) in [5.41, 5.74) is 2.78. The van der Waals surface area contributed by atoms with E-state index in [1.165, 1.54) is 5.56 Å². The SMILES string of the molecule is CCOc1cc2c(cc1CNc1ccc(C#N)cn1)O[C@H](C)C2. The summed E-state index contributed by atoms with van der Waals surface area (Å²) in [7, 11) is 0. The number of nitriles is 1. The summed E-state index contributed by atoms with van der Waals surface area (Å²) in [6, 6.07) is 9.72. The number of benzene rings is 1. The molecule has 2 aromatic rings. The predicted molar refractivity (Wildman–Crippen MR) is 87.7 cm³/mol. The number of ether oxygens (including phenoxy) is 2. The minimum atomic E-state index is 0.211. The molecule has 0 saturated heterocycles. The van der Waals surface area contributed by atoms with E-state index < -0.39 is 0 Å². The van der Waals surface area contributed by atoms with Gasteiger partial charge in [-0.2, -0.15) is 5.26 Å². The summed E-state index contributed by atoms with van der Waals surface area (Å²) in [6.07, 6.45) is 2.68. The largest absolute Gasteiger partial charge is 0.494 e. The third kappa shape index (κ3) is 3.37. The molecular weight excluding hydrogens is 290 g/mol. The van der Waals surface area contributed by atoms with E-state index in [0.29, 0.717) is 18.7 Å². The van der Waals surface area contributed by atoms with Crippen molar-refractivity contribution >= 4 is 5.82 Å². The van der Waals surface area contributed by atoms with E-state index in [9.17, 15) is 0 Å². The van der Waals surface area contributed by atoms with E-state index in [4.69, 9.17) is 14.7 Å². The zero-order chi connectivity index (χ0) is 16.2. The third-order valence-corrected chi connectivity index (χ3v) is 3.73. The molecule has 0 spiro atoms. The van der Waals surface area contributed by atoms with Gasteiger partial charge in [0.05, 0.1) is 12.2 Å². The van der Waals surface area contributed by atoms with Crippen LogP contribution in [-0.4, -0.2) is 17.7 Å². The molecule has 0 aliphatic carbocycles. The molecule has 0 fully saturated rings. The molecule has 1 aromatic heterocycles. The van der Waals surface area contributed by atoms with E-state index in [1.54, 1.807) is 18.3 Å². The lowest BCUT2D eigenvalue weighted by atomic mass is 10.1. The summed E-state index contributed by atoms with van der Waals surface area (Å²) in [5, 5.41) is 12.1. The van der Waals surface area contributed by atoms with Crippen molar-refractivity contribution in [1.29, 1.82) is 5.26 Å². The van der Waals surface area contributed by atoms with E-state index in [-0.39, 0.29) is 6.10 Å². The van der Waals surface area contributed by atoms with Gasteiger partial charge in [0.1, 0.15) is 29.5 Å². The minimum absolute atomic E-state index is 0.211.